The van der Waals surface area contributed by atoms with Crippen LogP contribution < -0.4 is 20.1 Å². The average Bonchev–Trinajstić information content (AvgIpc) is 3.57. The molecule has 1 saturated heterocycles. The van der Waals surface area contributed by atoms with E-state index in [1.165, 1.54) is 0 Å². The van der Waals surface area contributed by atoms with Crippen LogP contribution in [-0.4, -0.2) is 52.7 Å². The van der Waals surface area contributed by atoms with Gasteiger partial charge in [0.05, 0.1) is 5.92 Å². The van der Waals surface area contributed by atoms with Gasteiger partial charge in [0, 0.05) is 25.3 Å². The lowest BCUT2D eigenvalue weighted by Gasteiger charge is -2.31. The summed E-state index contributed by atoms with van der Waals surface area (Å²) in [5.41, 5.74) is 1.53. The summed E-state index contributed by atoms with van der Waals surface area (Å²) in [6.45, 7) is 1.37. The molecular weight excluding hydrogens is 470 g/mol. The van der Waals surface area contributed by atoms with Gasteiger partial charge in [0.1, 0.15) is 0 Å². The van der Waals surface area contributed by atoms with Gasteiger partial charge in [-0.05, 0) is 42.7 Å². The number of para-hydroxylation sites is 1. The van der Waals surface area contributed by atoms with Crippen molar-refractivity contribution in [1.82, 2.24) is 20.4 Å². The van der Waals surface area contributed by atoms with E-state index >= 15 is 0 Å². The predicted molar refractivity (Wildman–Crippen MR) is 127 cm³/mol. The van der Waals surface area contributed by atoms with Crippen molar-refractivity contribution in [3.63, 3.8) is 0 Å². The highest BCUT2D eigenvalue weighted by Crippen LogP contribution is 2.32. The van der Waals surface area contributed by atoms with E-state index in [0.717, 1.165) is 16.9 Å². The Bertz CT molecular complexity index is 1250. The SMILES string of the molecule is O=C(Nc1ccccc1)c1nnc(C(=O)N2CCCC(C(=O)NCc3ccc4c(c3)OCO4)C2)s1. The maximum atomic E-state index is 13.0. The number of carbonyl (C=O) groups excluding carboxylic acids is 3. The van der Waals surface area contributed by atoms with Crippen LogP contribution in [0.3, 0.4) is 0 Å². The van der Waals surface area contributed by atoms with Gasteiger partial charge in [0.15, 0.2) is 11.5 Å². The Kier molecular flexibility index (Phi) is 6.57. The Morgan fingerprint density at radius 3 is 2.69 bits per heavy atom. The second kappa shape index (κ2) is 10.1. The number of hydrogen-bond donors (Lipinski definition) is 2. The van der Waals surface area contributed by atoms with E-state index in [-0.39, 0.29) is 41.1 Å². The van der Waals surface area contributed by atoms with Gasteiger partial charge in [-0.2, -0.15) is 0 Å². The molecule has 0 radical (unpaired) electrons. The fourth-order valence-electron chi connectivity index (χ4n) is 4.00. The van der Waals surface area contributed by atoms with Crippen LogP contribution in [0.15, 0.2) is 48.5 Å². The minimum absolute atomic E-state index is 0.104. The molecule has 180 valence electrons. The third kappa shape index (κ3) is 5.24. The highest BCUT2D eigenvalue weighted by atomic mass is 32.1. The smallest absolute Gasteiger partial charge is 0.286 e. The van der Waals surface area contributed by atoms with E-state index in [4.69, 9.17) is 9.47 Å². The van der Waals surface area contributed by atoms with Crippen LogP contribution in [0.2, 0.25) is 0 Å². The molecule has 1 fully saturated rings. The van der Waals surface area contributed by atoms with Crippen LogP contribution in [0.5, 0.6) is 11.5 Å². The van der Waals surface area contributed by atoms with E-state index in [1.54, 1.807) is 17.0 Å². The second-order valence-corrected chi connectivity index (χ2v) is 9.21. The van der Waals surface area contributed by atoms with Crippen molar-refractivity contribution in [3.8, 4) is 11.5 Å². The molecule has 2 aromatic carbocycles. The third-order valence-corrected chi connectivity index (χ3v) is 6.73. The molecule has 1 atom stereocenters. The first-order chi connectivity index (χ1) is 17.1. The van der Waals surface area contributed by atoms with Crippen LogP contribution in [0.1, 0.15) is 38.0 Å². The normalized spacial score (nSPS) is 16.6. The molecule has 1 unspecified atom stereocenters. The summed E-state index contributed by atoms with van der Waals surface area (Å²) in [4.78, 5) is 39.8. The molecule has 0 aliphatic carbocycles. The number of amides is 3. The van der Waals surface area contributed by atoms with Crippen LogP contribution in [-0.2, 0) is 11.3 Å². The third-order valence-electron chi connectivity index (χ3n) is 5.82. The zero-order chi connectivity index (χ0) is 24.2. The van der Waals surface area contributed by atoms with Crippen molar-refractivity contribution in [3.05, 3.63) is 64.1 Å². The first kappa shape index (κ1) is 22.8. The molecule has 0 bridgehead atoms. The van der Waals surface area contributed by atoms with Crippen LogP contribution in [0, 0.1) is 5.92 Å². The molecule has 3 amide bonds. The molecule has 3 aromatic rings. The van der Waals surface area contributed by atoms with Gasteiger partial charge in [0.25, 0.3) is 11.8 Å². The molecule has 1 aromatic heterocycles. The van der Waals surface area contributed by atoms with Gasteiger partial charge >= 0.3 is 0 Å². The predicted octanol–water partition coefficient (Wildman–Crippen LogP) is 2.69. The summed E-state index contributed by atoms with van der Waals surface area (Å²) in [6, 6.07) is 14.5. The van der Waals surface area contributed by atoms with Crippen molar-refractivity contribution in [2.24, 2.45) is 5.92 Å². The Balaban J connectivity index is 1.16. The molecule has 5 rings (SSSR count). The van der Waals surface area contributed by atoms with Gasteiger partial charge < -0.3 is 25.0 Å². The number of hydrogen-bond acceptors (Lipinski definition) is 8. The Hall–Kier alpha value is -3.99. The number of benzene rings is 2. The minimum atomic E-state index is -0.424. The Morgan fingerprint density at radius 2 is 1.83 bits per heavy atom. The number of anilines is 1. The number of fused-ring (bicyclic) bond motifs is 1. The number of nitrogens with one attached hydrogen (secondary N) is 2. The number of aromatic nitrogens is 2. The van der Waals surface area contributed by atoms with E-state index in [1.807, 2.05) is 36.4 Å². The van der Waals surface area contributed by atoms with Gasteiger partial charge in [-0.25, -0.2) is 0 Å². The summed E-state index contributed by atoms with van der Waals surface area (Å²) in [7, 11) is 0. The maximum absolute atomic E-state index is 13.0. The van der Waals surface area contributed by atoms with Crippen LogP contribution in [0.4, 0.5) is 5.69 Å². The van der Waals surface area contributed by atoms with Crippen molar-refractivity contribution in [2.45, 2.75) is 19.4 Å². The first-order valence-electron chi connectivity index (χ1n) is 11.2. The van der Waals surface area contributed by atoms with Crippen molar-refractivity contribution < 1.29 is 23.9 Å². The standard InChI is InChI=1S/C24H23N5O5S/c30-20(25-12-15-8-9-18-19(11-15)34-14-33-18)16-5-4-10-29(13-16)24(32)23-28-27-22(35-23)21(31)26-17-6-2-1-3-7-17/h1-3,6-9,11,16H,4-5,10,12-14H2,(H,25,30)(H,26,31). The lowest BCUT2D eigenvalue weighted by Crippen LogP contribution is -2.45. The quantitative estimate of drug-likeness (QED) is 0.541. The Morgan fingerprint density at radius 1 is 1.03 bits per heavy atom. The van der Waals surface area contributed by atoms with Crippen LogP contribution in [0.25, 0.3) is 0 Å². The van der Waals surface area contributed by atoms with Gasteiger partial charge in [-0.1, -0.05) is 35.6 Å². The topological polar surface area (TPSA) is 123 Å². The lowest BCUT2D eigenvalue weighted by molar-refractivity contribution is -0.126. The minimum Gasteiger partial charge on any atom is -0.454 e. The van der Waals surface area contributed by atoms with Crippen LogP contribution >= 0.6 is 11.3 Å². The maximum Gasteiger partial charge on any atom is 0.286 e. The average molecular weight is 494 g/mol. The van der Waals surface area contributed by atoms with Crippen molar-refractivity contribution in [2.75, 3.05) is 25.2 Å². The summed E-state index contributed by atoms with van der Waals surface area (Å²) >= 11 is 0.941. The molecule has 35 heavy (non-hydrogen) atoms. The molecular formula is C24H23N5O5S. The number of rotatable bonds is 6. The zero-order valence-electron chi connectivity index (χ0n) is 18.7. The largest absolute Gasteiger partial charge is 0.454 e. The molecule has 11 heteroatoms. The van der Waals surface area contributed by atoms with E-state index in [2.05, 4.69) is 20.8 Å². The van der Waals surface area contributed by atoms with Crippen molar-refractivity contribution in [1.29, 1.82) is 0 Å². The molecule has 2 aliphatic heterocycles. The first-order valence-corrected chi connectivity index (χ1v) is 12.0. The lowest BCUT2D eigenvalue weighted by atomic mass is 9.97. The van der Waals surface area contributed by atoms with Gasteiger partial charge in [0.2, 0.25) is 22.7 Å². The summed E-state index contributed by atoms with van der Waals surface area (Å²) in [5, 5.41) is 13.7. The van der Waals surface area contributed by atoms with Crippen molar-refractivity contribution >= 4 is 34.7 Å². The molecule has 0 saturated carbocycles. The number of carbonyl (C=O) groups is 3. The molecule has 0 spiro atoms. The molecule has 2 N–H and O–H groups in total. The number of likely N-dealkylation sites (tertiary alicyclic amines) is 1. The number of nitrogens with zero attached hydrogens (tertiary/aromatic N) is 3. The summed E-state index contributed by atoms with van der Waals surface area (Å²) < 4.78 is 10.7. The monoisotopic (exact) mass is 493 g/mol. The van der Waals surface area contributed by atoms with E-state index < -0.39 is 5.91 Å². The highest BCUT2D eigenvalue weighted by Gasteiger charge is 2.31. The molecule has 10 nitrogen and oxygen atoms in total. The summed E-state index contributed by atoms with van der Waals surface area (Å²) in [5.74, 6) is 0.177. The van der Waals surface area contributed by atoms with E-state index in [0.29, 0.717) is 43.1 Å². The van der Waals surface area contributed by atoms with Gasteiger partial charge in [-0.3, -0.25) is 14.4 Å². The number of ether oxygens (including phenoxy) is 2. The van der Waals surface area contributed by atoms with E-state index in [9.17, 15) is 14.4 Å². The van der Waals surface area contributed by atoms with Gasteiger partial charge in [-0.15, -0.1) is 10.2 Å². The molecule has 3 heterocycles. The Labute approximate surface area is 205 Å². The summed E-state index contributed by atoms with van der Waals surface area (Å²) in [6.07, 6.45) is 1.39. The second-order valence-electron chi connectivity index (χ2n) is 8.23. The zero-order valence-corrected chi connectivity index (χ0v) is 19.5. The fourth-order valence-corrected chi connectivity index (χ4v) is 4.71. The number of piperidine rings is 1. The molecule has 2 aliphatic rings. The highest BCUT2D eigenvalue weighted by molar-refractivity contribution is 7.15. The fraction of sp³-hybridized carbons (Fsp3) is 0.292.